The van der Waals surface area contributed by atoms with Crippen molar-refractivity contribution in [1.29, 1.82) is 0 Å². The second-order valence-corrected chi connectivity index (χ2v) is 7.38. The van der Waals surface area contributed by atoms with Crippen LogP contribution < -0.4 is 5.32 Å². The molecule has 1 aliphatic carbocycles. The topological polar surface area (TPSA) is 79.4 Å². The molecule has 0 unspecified atom stereocenters. The molecule has 3 amide bonds. The summed E-state index contributed by atoms with van der Waals surface area (Å²) in [6.45, 7) is 1.59. The van der Waals surface area contributed by atoms with Gasteiger partial charge in [0.1, 0.15) is 6.04 Å². The zero-order valence-corrected chi connectivity index (χ0v) is 14.5. The summed E-state index contributed by atoms with van der Waals surface area (Å²) in [5, 5.41) is 3.21. The largest absolute Gasteiger partial charge is 0.300 e. The predicted molar refractivity (Wildman–Crippen MR) is 94.9 cm³/mol. The van der Waals surface area contributed by atoms with E-state index in [1.165, 1.54) is 11.3 Å². The number of fused-ring (bicyclic) bond motifs is 2. The molecule has 0 radical (unpaired) electrons. The lowest BCUT2D eigenvalue weighted by Crippen LogP contribution is -2.46. The highest BCUT2D eigenvalue weighted by atomic mass is 32.1. The van der Waals surface area contributed by atoms with Crippen LogP contribution in [0.4, 0.5) is 5.13 Å². The third kappa shape index (κ3) is 2.64. The number of likely N-dealkylation sites (tertiary alicyclic amines) is 1. The third-order valence-electron chi connectivity index (χ3n) is 4.83. The highest BCUT2D eigenvalue weighted by Crippen LogP contribution is 2.36. The maximum Gasteiger partial charge on any atom is 0.249 e. The van der Waals surface area contributed by atoms with Gasteiger partial charge in [0, 0.05) is 0 Å². The number of para-hydroxylation sites is 1. The van der Waals surface area contributed by atoms with Crippen molar-refractivity contribution in [1.82, 2.24) is 9.88 Å². The molecule has 1 fully saturated rings. The minimum atomic E-state index is -0.849. The SMILES string of the molecule is C[C@@H](C(=O)Nc1nc2ccccc2s1)N1C(=O)[C@H]2CC=CC[C@@H]2C1=O. The number of benzene rings is 1. The smallest absolute Gasteiger partial charge is 0.249 e. The van der Waals surface area contributed by atoms with Gasteiger partial charge in [-0.3, -0.25) is 19.3 Å². The van der Waals surface area contributed by atoms with Gasteiger partial charge in [0.25, 0.3) is 0 Å². The molecule has 2 heterocycles. The highest BCUT2D eigenvalue weighted by Gasteiger charge is 2.50. The molecule has 6 nitrogen and oxygen atoms in total. The summed E-state index contributed by atoms with van der Waals surface area (Å²) in [5.74, 6) is -1.53. The molecule has 2 aliphatic rings. The first-order chi connectivity index (χ1) is 12.1. The number of aromatic nitrogens is 1. The van der Waals surface area contributed by atoms with Crippen molar-refractivity contribution >= 4 is 44.4 Å². The fourth-order valence-corrected chi connectivity index (χ4v) is 4.33. The first kappa shape index (κ1) is 16.0. The van der Waals surface area contributed by atoms with Crippen molar-refractivity contribution in [3.05, 3.63) is 36.4 Å². The number of rotatable bonds is 3. The Hall–Kier alpha value is -2.54. The van der Waals surface area contributed by atoms with Crippen LogP contribution in [-0.4, -0.2) is 33.6 Å². The highest BCUT2D eigenvalue weighted by molar-refractivity contribution is 7.22. The van der Waals surface area contributed by atoms with Gasteiger partial charge in [0.2, 0.25) is 17.7 Å². The van der Waals surface area contributed by atoms with Gasteiger partial charge >= 0.3 is 0 Å². The number of imide groups is 1. The summed E-state index contributed by atoms with van der Waals surface area (Å²) in [6.07, 6.45) is 5.00. The van der Waals surface area contributed by atoms with Gasteiger partial charge in [-0.05, 0) is 31.9 Å². The number of anilines is 1. The van der Waals surface area contributed by atoms with E-state index in [9.17, 15) is 14.4 Å². The molecule has 1 aliphatic heterocycles. The van der Waals surface area contributed by atoms with Gasteiger partial charge < -0.3 is 5.32 Å². The summed E-state index contributed by atoms with van der Waals surface area (Å²) >= 11 is 1.37. The number of thiazole rings is 1. The normalized spacial score (nSPS) is 23.8. The lowest BCUT2D eigenvalue weighted by Gasteiger charge is -2.21. The lowest BCUT2D eigenvalue weighted by molar-refractivity contribution is -0.146. The molecule has 0 bridgehead atoms. The van der Waals surface area contributed by atoms with E-state index in [0.29, 0.717) is 18.0 Å². The molecule has 1 N–H and O–H groups in total. The molecule has 0 saturated carbocycles. The Morgan fingerprint density at radius 1 is 1.20 bits per heavy atom. The molecule has 128 valence electrons. The van der Waals surface area contributed by atoms with E-state index in [1.54, 1.807) is 6.92 Å². The van der Waals surface area contributed by atoms with Crippen molar-refractivity contribution in [2.24, 2.45) is 11.8 Å². The molecular weight excluding hydrogens is 338 g/mol. The first-order valence-corrected chi connectivity index (χ1v) is 9.06. The molecule has 4 rings (SSSR count). The van der Waals surface area contributed by atoms with Crippen LogP contribution in [0.1, 0.15) is 19.8 Å². The number of amides is 3. The summed E-state index contributed by atoms with van der Waals surface area (Å²) in [7, 11) is 0. The van der Waals surface area contributed by atoms with Crippen molar-refractivity contribution in [2.75, 3.05) is 5.32 Å². The molecule has 1 aromatic heterocycles. The van der Waals surface area contributed by atoms with Crippen LogP contribution in [0.25, 0.3) is 10.2 Å². The van der Waals surface area contributed by atoms with Crippen LogP contribution in [-0.2, 0) is 14.4 Å². The zero-order valence-electron chi connectivity index (χ0n) is 13.6. The molecule has 3 atom stereocenters. The van der Waals surface area contributed by atoms with E-state index in [4.69, 9.17) is 0 Å². The van der Waals surface area contributed by atoms with Crippen LogP contribution in [0.5, 0.6) is 0 Å². The quantitative estimate of drug-likeness (QED) is 0.678. The standard InChI is InChI=1S/C18H17N3O3S/c1-10(21-16(23)11-6-2-3-7-12(11)17(21)24)15(22)20-18-19-13-8-4-5-9-14(13)25-18/h2-5,8-12H,6-7H2,1H3,(H,19,20,22)/t10-,11-,12-/m0/s1. The number of nitrogens with one attached hydrogen (secondary N) is 1. The average Bonchev–Trinajstić information content (AvgIpc) is 3.13. The molecule has 25 heavy (non-hydrogen) atoms. The van der Waals surface area contributed by atoms with E-state index in [1.807, 2.05) is 36.4 Å². The Morgan fingerprint density at radius 2 is 1.84 bits per heavy atom. The summed E-state index contributed by atoms with van der Waals surface area (Å²) in [5.41, 5.74) is 0.806. The Morgan fingerprint density at radius 3 is 2.48 bits per heavy atom. The maximum absolute atomic E-state index is 12.6. The average molecular weight is 355 g/mol. The molecule has 2 aromatic rings. The van der Waals surface area contributed by atoms with Crippen LogP contribution in [0, 0.1) is 11.8 Å². The van der Waals surface area contributed by atoms with E-state index >= 15 is 0 Å². The monoisotopic (exact) mass is 355 g/mol. The van der Waals surface area contributed by atoms with Crippen molar-refractivity contribution in [3.63, 3.8) is 0 Å². The van der Waals surface area contributed by atoms with Crippen molar-refractivity contribution in [3.8, 4) is 0 Å². The Balaban J connectivity index is 1.52. The van der Waals surface area contributed by atoms with Gasteiger partial charge in [-0.2, -0.15) is 0 Å². The predicted octanol–water partition coefficient (Wildman–Crippen LogP) is 2.57. The second kappa shape index (κ2) is 6.07. The number of allylic oxidation sites excluding steroid dienone is 2. The molecule has 7 heteroatoms. The van der Waals surface area contributed by atoms with Gasteiger partial charge in [-0.15, -0.1) is 0 Å². The summed E-state index contributed by atoms with van der Waals surface area (Å²) < 4.78 is 0.968. The van der Waals surface area contributed by atoms with E-state index in [0.717, 1.165) is 15.1 Å². The maximum atomic E-state index is 12.6. The van der Waals surface area contributed by atoms with Crippen molar-refractivity contribution in [2.45, 2.75) is 25.8 Å². The Kier molecular flexibility index (Phi) is 3.88. The first-order valence-electron chi connectivity index (χ1n) is 8.24. The van der Waals surface area contributed by atoms with Crippen LogP contribution in [0.3, 0.4) is 0 Å². The molecule has 1 saturated heterocycles. The van der Waals surface area contributed by atoms with Crippen LogP contribution in [0.15, 0.2) is 36.4 Å². The van der Waals surface area contributed by atoms with Gasteiger partial charge in [0.05, 0.1) is 22.1 Å². The van der Waals surface area contributed by atoms with Crippen molar-refractivity contribution < 1.29 is 14.4 Å². The lowest BCUT2D eigenvalue weighted by atomic mass is 9.85. The number of hydrogen-bond acceptors (Lipinski definition) is 5. The van der Waals surface area contributed by atoms with E-state index < -0.39 is 11.9 Å². The fraction of sp³-hybridized carbons (Fsp3) is 0.333. The van der Waals surface area contributed by atoms with Gasteiger partial charge in [0.15, 0.2) is 5.13 Å². The van der Waals surface area contributed by atoms with E-state index in [-0.39, 0.29) is 23.7 Å². The Bertz CT molecular complexity index is 845. The molecule has 0 spiro atoms. The Labute approximate surface area is 148 Å². The van der Waals surface area contributed by atoms with Gasteiger partial charge in [-0.1, -0.05) is 35.6 Å². The second-order valence-electron chi connectivity index (χ2n) is 6.35. The minimum absolute atomic E-state index is 0.244. The minimum Gasteiger partial charge on any atom is -0.300 e. The molecule has 1 aromatic carbocycles. The number of nitrogens with zero attached hydrogens (tertiary/aromatic N) is 2. The fourth-order valence-electron chi connectivity index (χ4n) is 3.46. The molecular formula is C18H17N3O3S. The van der Waals surface area contributed by atoms with Gasteiger partial charge in [-0.25, -0.2) is 4.98 Å². The summed E-state index contributed by atoms with van der Waals surface area (Å²) in [6, 6.07) is 6.74. The van der Waals surface area contributed by atoms with E-state index in [2.05, 4.69) is 10.3 Å². The van der Waals surface area contributed by atoms with Crippen LogP contribution >= 0.6 is 11.3 Å². The summed E-state index contributed by atoms with van der Waals surface area (Å²) in [4.78, 5) is 43.2. The number of hydrogen-bond donors (Lipinski definition) is 1. The number of carbonyl (C=O) groups is 3. The number of carbonyl (C=O) groups excluding carboxylic acids is 3. The van der Waals surface area contributed by atoms with Crippen LogP contribution in [0.2, 0.25) is 0 Å². The zero-order chi connectivity index (χ0) is 17.6. The third-order valence-corrected chi connectivity index (χ3v) is 5.78.